The Bertz CT molecular complexity index is 365. The van der Waals surface area contributed by atoms with Crippen LogP contribution in [0.2, 0.25) is 0 Å². The first-order valence-electron chi connectivity index (χ1n) is 6.50. The zero-order chi connectivity index (χ0) is 13.5. The van der Waals surface area contributed by atoms with E-state index in [0.717, 1.165) is 38.2 Å². The zero-order valence-corrected chi connectivity index (χ0v) is 13.4. The fraction of sp³-hybridized carbons (Fsp3) is 0.769. The van der Waals surface area contributed by atoms with Crippen molar-refractivity contribution < 1.29 is 4.74 Å². The molecule has 1 rings (SSSR count). The lowest BCUT2D eigenvalue weighted by Gasteiger charge is -2.13. The van der Waals surface area contributed by atoms with E-state index < -0.39 is 0 Å². The summed E-state index contributed by atoms with van der Waals surface area (Å²) >= 11 is 3.66. The second-order valence-corrected chi connectivity index (χ2v) is 5.48. The molecule has 0 aliphatic rings. The Morgan fingerprint density at radius 3 is 2.78 bits per heavy atom. The van der Waals surface area contributed by atoms with Gasteiger partial charge in [0.05, 0.1) is 22.5 Å². The van der Waals surface area contributed by atoms with E-state index in [-0.39, 0.29) is 0 Å². The summed E-state index contributed by atoms with van der Waals surface area (Å²) in [6, 6.07) is 0. The summed E-state index contributed by atoms with van der Waals surface area (Å²) in [5, 5.41) is 7.92. The molecule has 0 radical (unpaired) electrons. The van der Waals surface area contributed by atoms with Gasteiger partial charge in [0, 0.05) is 20.7 Å². The molecule has 4 nitrogen and oxygen atoms in total. The third-order valence-electron chi connectivity index (χ3n) is 3.02. The topological polar surface area (TPSA) is 39.1 Å². The maximum Gasteiger partial charge on any atom is 0.0766 e. The van der Waals surface area contributed by atoms with Crippen LogP contribution in [-0.4, -0.2) is 36.6 Å². The van der Waals surface area contributed by atoms with Gasteiger partial charge in [0.15, 0.2) is 0 Å². The Morgan fingerprint density at radius 2 is 2.22 bits per heavy atom. The quantitative estimate of drug-likeness (QED) is 0.747. The first kappa shape index (κ1) is 15.7. The molecule has 18 heavy (non-hydrogen) atoms. The van der Waals surface area contributed by atoms with E-state index in [2.05, 4.69) is 40.2 Å². The summed E-state index contributed by atoms with van der Waals surface area (Å²) in [5.74, 6) is 0.582. The molecule has 1 atom stereocenters. The number of nitrogens with zero attached hydrogens (tertiary/aromatic N) is 2. The van der Waals surface area contributed by atoms with E-state index in [1.54, 1.807) is 7.11 Å². The Balaban J connectivity index is 2.48. The summed E-state index contributed by atoms with van der Waals surface area (Å²) in [6.07, 6.45) is 2.00. The number of aryl methyl sites for hydroxylation is 2. The van der Waals surface area contributed by atoms with Crippen LogP contribution in [0.25, 0.3) is 0 Å². The Labute approximate surface area is 118 Å². The summed E-state index contributed by atoms with van der Waals surface area (Å²) in [5.41, 5.74) is 2.43. The summed E-state index contributed by atoms with van der Waals surface area (Å²) in [7, 11) is 3.74. The van der Waals surface area contributed by atoms with Gasteiger partial charge in [0.25, 0.3) is 0 Å². The van der Waals surface area contributed by atoms with Gasteiger partial charge in [-0.05, 0) is 41.2 Å². The van der Waals surface area contributed by atoms with Gasteiger partial charge in [-0.1, -0.05) is 13.8 Å². The average molecular weight is 318 g/mol. The minimum atomic E-state index is 0.582. The highest BCUT2D eigenvalue weighted by molar-refractivity contribution is 9.10. The van der Waals surface area contributed by atoms with Crippen LogP contribution in [0.15, 0.2) is 4.47 Å². The fourth-order valence-corrected chi connectivity index (χ4v) is 2.74. The van der Waals surface area contributed by atoms with Gasteiger partial charge in [-0.15, -0.1) is 0 Å². The zero-order valence-electron chi connectivity index (χ0n) is 11.8. The van der Waals surface area contributed by atoms with Gasteiger partial charge < -0.3 is 10.1 Å². The predicted octanol–water partition coefficient (Wildman–Crippen LogP) is 2.16. The van der Waals surface area contributed by atoms with Crippen molar-refractivity contribution in [3.63, 3.8) is 0 Å². The molecular weight excluding hydrogens is 294 g/mol. The van der Waals surface area contributed by atoms with Gasteiger partial charge in [0.1, 0.15) is 0 Å². The SMILES string of the molecule is CCc1nn(C)c(CC(C)CNCCOC)c1Br. The van der Waals surface area contributed by atoms with Crippen molar-refractivity contribution in [1.29, 1.82) is 0 Å². The molecule has 0 spiro atoms. The highest BCUT2D eigenvalue weighted by Crippen LogP contribution is 2.23. The number of aromatic nitrogens is 2. The first-order valence-corrected chi connectivity index (χ1v) is 7.29. The standard InChI is InChI=1S/C13H24BrN3O/c1-5-11-13(14)12(17(3)16-11)8-10(2)9-15-6-7-18-4/h10,15H,5-9H2,1-4H3. The van der Waals surface area contributed by atoms with Crippen LogP contribution in [0.1, 0.15) is 25.2 Å². The largest absolute Gasteiger partial charge is 0.383 e. The van der Waals surface area contributed by atoms with Crippen LogP contribution in [-0.2, 0) is 24.6 Å². The minimum Gasteiger partial charge on any atom is -0.383 e. The van der Waals surface area contributed by atoms with Gasteiger partial charge in [-0.3, -0.25) is 4.68 Å². The average Bonchev–Trinajstić information content (AvgIpc) is 2.62. The second-order valence-electron chi connectivity index (χ2n) is 4.69. The number of nitrogens with one attached hydrogen (secondary N) is 1. The molecule has 1 unspecified atom stereocenters. The molecule has 1 N–H and O–H groups in total. The molecule has 0 amide bonds. The maximum atomic E-state index is 5.01. The summed E-state index contributed by atoms with van der Waals surface area (Å²) in [6.45, 7) is 7.07. The Morgan fingerprint density at radius 1 is 1.50 bits per heavy atom. The second kappa shape index (κ2) is 7.92. The van der Waals surface area contributed by atoms with E-state index in [1.165, 1.54) is 10.2 Å². The molecule has 0 bridgehead atoms. The molecule has 1 aromatic heterocycles. The lowest BCUT2D eigenvalue weighted by atomic mass is 10.1. The van der Waals surface area contributed by atoms with Gasteiger partial charge >= 0.3 is 0 Å². The van der Waals surface area contributed by atoms with Crippen LogP contribution in [0.3, 0.4) is 0 Å². The smallest absolute Gasteiger partial charge is 0.0766 e. The van der Waals surface area contributed by atoms with Crippen LogP contribution < -0.4 is 5.32 Å². The number of halogens is 1. The van der Waals surface area contributed by atoms with Gasteiger partial charge in [0.2, 0.25) is 0 Å². The van der Waals surface area contributed by atoms with E-state index >= 15 is 0 Å². The third kappa shape index (κ3) is 4.37. The molecule has 0 aliphatic carbocycles. The molecule has 0 aliphatic heterocycles. The van der Waals surface area contributed by atoms with Crippen molar-refractivity contribution in [1.82, 2.24) is 15.1 Å². The molecular formula is C13H24BrN3O. The molecule has 0 saturated heterocycles. The Hall–Kier alpha value is -0.390. The number of methoxy groups -OCH3 is 1. The van der Waals surface area contributed by atoms with Crippen molar-refractivity contribution in [2.45, 2.75) is 26.7 Å². The first-order chi connectivity index (χ1) is 8.60. The predicted molar refractivity (Wildman–Crippen MR) is 77.9 cm³/mol. The van der Waals surface area contributed by atoms with E-state index in [9.17, 15) is 0 Å². The third-order valence-corrected chi connectivity index (χ3v) is 3.94. The monoisotopic (exact) mass is 317 g/mol. The van der Waals surface area contributed by atoms with Crippen LogP contribution in [0.4, 0.5) is 0 Å². The molecule has 1 aromatic rings. The lowest BCUT2D eigenvalue weighted by molar-refractivity contribution is 0.198. The van der Waals surface area contributed by atoms with Crippen molar-refractivity contribution in [2.75, 3.05) is 26.8 Å². The minimum absolute atomic E-state index is 0.582. The number of rotatable bonds is 8. The van der Waals surface area contributed by atoms with Crippen LogP contribution >= 0.6 is 15.9 Å². The summed E-state index contributed by atoms with van der Waals surface area (Å²) < 4.78 is 8.19. The molecule has 0 aromatic carbocycles. The fourth-order valence-electron chi connectivity index (χ4n) is 1.97. The van der Waals surface area contributed by atoms with Gasteiger partial charge in [-0.2, -0.15) is 5.10 Å². The van der Waals surface area contributed by atoms with Crippen LogP contribution in [0, 0.1) is 5.92 Å². The number of ether oxygens (including phenoxy) is 1. The molecule has 5 heteroatoms. The highest BCUT2D eigenvalue weighted by Gasteiger charge is 2.14. The number of hydrogen-bond donors (Lipinski definition) is 1. The van der Waals surface area contributed by atoms with Crippen molar-refractivity contribution in [3.8, 4) is 0 Å². The van der Waals surface area contributed by atoms with E-state index in [4.69, 9.17) is 4.74 Å². The van der Waals surface area contributed by atoms with Crippen molar-refractivity contribution in [2.24, 2.45) is 13.0 Å². The van der Waals surface area contributed by atoms with E-state index in [1.807, 2.05) is 11.7 Å². The van der Waals surface area contributed by atoms with Crippen molar-refractivity contribution >= 4 is 15.9 Å². The highest BCUT2D eigenvalue weighted by atomic mass is 79.9. The molecule has 0 saturated carbocycles. The number of hydrogen-bond acceptors (Lipinski definition) is 3. The maximum absolute atomic E-state index is 5.01. The van der Waals surface area contributed by atoms with Gasteiger partial charge in [-0.25, -0.2) is 0 Å². The summed E-state index contributed by atoms with van der Waals surface area (Å²) in [4.78, 5) is 0. The normalized spacial score (nSPS) is 12.9. The van der Waals surface area contributed by atoms with Crippen LogP contribution in [0.5, 0.6) is 0 Å². The van der Waals surface area contributed by atoms with E-state index in [0.29, 0.717) is 5.92 Å². The molecule has 0 fully saturated rings. The molecule has 104 valence electrons. The van der Waals surface area contributed by atoms with Crippen molar-refractivity contribution in [3.05, 3.63) is 15.9 Å². The Kier molecular flexibility index (Phi) is 6.89. The molecule has 1 heterocycles. The lowest BCUT2D eigenvalue weighted by Crippen LogP contribution is -2.26.